The van der Waals surface area contributed by atoms with E-state index in [0.717, 1.165) is 9.37 Å². The minimum absolute atomic E-state index is 0.109. The molecular formula is C24H14BrCl3N2O4. The topological polar surface area (TPSA) is 75.7 Å². The van der Waals surface area contributed by atoms with E-state index in [2.05, 4.69) is 21.2 Å². The zero-order chi connectivity index (χ0) is 24.4. The van der Waals surface area contributed by atoms with Gasteiger partial charge in [-0.2, -0.15) is 0 Å². The Hall–Kier alpha value is -2.84. The number of imide groups is 2. The molecule has 3 aromatic rings. The van der Waals surface area contributed by atoms with Crippen LogP contribution in [0, 0.1) is 0 Å². The summed E-state index contributed by atoms with van der Waals surface area (Å²) in [6, 6.07) is 15.5. The molecule has 0 aliphatic carbocycles. The molecule has 1 saturated heterocycles. The summed E-state index contributed by atoms with van der Waals surface area (Å²) in [4.78, 5) is 39.0. The fourth-order valence-electron chi connectivity index (χ4n) is 3.20. The summed E-state index contributed by atoms with van der Waals surface area (Å²) in [5.74, 6) is -1.24. The van der Waals surface area contributed by atoms with Crippen LogP contribution in [0.25, 0.3) is 6.08 Å². The monoisotopic (exact) mass is 578 g/mol. The van der Waals surface area contributed by atoms with Crippen molar-refractivity contribution >= 4 is 80.3 Å². The van der Waals surface area contributed by atoms with Crippen molar-refractivity contribution < 1.29 is 19.1 Å². The quantitative estimate of drug-likeness (QED) is 0.271. The first-order valence-corrected chi connectivity index (χ1v) is 11.7. The molecule has 1 heterocycles. The van der Waals surface area contributed by atoms with Crippen LogP contribution in [0.3, 0.4) is 0 Å². The summed E-state index contributed by atoms with van der Waals surface area (Å²) in [7, 11) is 0. The molecule has 10 heteroatoms. The van der Waals surface area contributed by atoms with Gasteiger partial charge < -0.3 is 4.74 Å². The van der Waals surface area contributed by atoms with Gasteiger partial charge in [-0.25, -0.2) is 9.69 Å². The predicted molar refractivity (Wildman–Crippen MR) is 135 cm³/mol. The molecule has 1 fully saturated rings. The van der Waals surface area contributed by atoms with Gasteiger partial charge in [0.25, 0.3) is 11.8 Å². The highest BCUT2D eigenvalue weighted by atomic mass is 79.9. The van der Waals surface area contributed by atoms with E-state index in [0.29, 0.717) is 37.6 Å². The summed E-state index contributed by atoms with van der Waals surface area (Å²) in [5.41, 5.74) is 1.13. The summed E-state index contributed by atoms with van der Waals surface area (Å²) in [5, 5.41) is 3.49. The largest absolute Gasteiger partial charge is 0.488 e. The lowest BCUT2D eigenvalue weighted by molar-refractivity contribution is -0.122. The molecule has 34 heavy (non-hydrogen) atoms. The van der Waals surface area contributed by atoms with Crippen LogP contribution in [0.15, 0.2) is 70.7 Å². The average Bonchev–Trinajstić information content (AvgIpc) is 2.78. The number of amides is 4. The Morgan fingerprint density at radius 2 is 1.59 bits per heavy atom. The number of ether oxygens (including phenoxy) is 1. The highest BCUT2D eigenvalue weighted by Crippen LogP contribution is 2.30. The second kappa shape index (κ2) is 10.2. The number of anilines is 1. The first-order valence-electron chi connectivity index (χ1n) is 9.76. The van der Waals surface area contributed by atoms with Crippen LogP contribution in [0.4, 0.5) is 10.5 Å². The molecule has 0 spiro atoms. The standard InChI is InChI=1S/C24H14BrCl3N2O4/c25-15-2-6-18(7-3-15)30-23(32)19(22(31)29-24(30)33)10-14-9-16(26)5-8-21(14)34-12-13-1-4-17(27)11-20(13)28/h1-11H,12H2,(H,29,31,33)/b19-10+. The van der Waals surface area contributed by atoms with Gasteiger partial charge in [0.2, 0.25) is 0 Å². The van der Waals surface area contributed by atoms with Gasteiger partial charge in [0.15, 0.2) is 0 Å². The minimum Gasteiger partial charge on any atom is -0.488 e. The van der Waals surface area contributed by atoms with Crippen LogP contribution in [0.2, 0.25) is 15.1 Å². The van der Waals surface area contributed by atoms with Crippen LogP contribution in [-0.4, -0.2) is 17.8 Å². The van der Waals surface area contributed by atoms with E-state index in [9.17, 15) is 14.4 Å². The number of nitrogens with zero attached hydrogens (tertiary/aromatic N) is 1. The van der Waals surface area contributed by atoms with Crippen molar-refractivity contribution in [3.63, 3.8) is 0 Å². The van der Waals surface area contributed by atoms with Crippen molar-refractivity contribution in [1.82, 2.24) is 5.32 Å². The zero-order valence-electron chi connectivity index (χ0n) is 17.2. The van der Waals surface area contributed by atoms with Gasteiger partial charge in [-0.05, 0) is 60.7 Å². The third kappa shape index (κ3) is 5.28. The molecule has 0 saturated carbocycles. The number of urea groups is 1. The lowest BCUT2D eigenvalue weighted by atomic mass is 10.1. The SMILES string of the molecule is O=C1NC(=O)N(c2ccc(Br)cc2)C(=O)/C1=C/c1cc(Cl)ccc1OCc1ccc(Cl)cc1Cl. The number of hydrogen-bond acceptors (Lipinski definition) is 4. The van der Waals surface area contributed by atoms with Gasteiger partial charge in [0, 0.05) is 30.7 Å². The van der Waals surface area contributed by atoms with Crippen molar-refractivity contribution in [2.24, 2.45) is 0 Å². The maximum absolute atomic E-state index is 13.1. The molecule has 3 aromatic carbocycles. The Morgan fingerprint density at radius 1 is 0.912 bits per heavy atom. The number of carbonyl (C=O) groups excluding carboxylic acids is 3. The molecule has 0 aromatic heterocycles. The third-order valence-corrected chi connectivity index (χ3v) is 6.21. The molecule has 0 bridgehead atoms. The fraction of sp³-hybridized carbons (Fsp3) is 0.0417. The molecule has 0 atom stereocenters. The number of carbonyl (C=O) groups is 3. The molecule has 1 aliphatic heterocycles. The molecule has 0 radical (unpaired) electrons. The second-order valence-corrected chi connectivity index (χ2v) is 9.34. The number of halogens is 4. The van der Waals surface area contributed by atoms with Gasteiger partial charge in [-0.15, -0.1) is 0 Å². The van der Waals surface area contributed by atoms with Gasteiger partial charge in [0.1, 0.15) is 17.9 Å². The van der Waals surface area contributed by atoms with E-state index in [4.69, 9.17) is 39.5 Å². The van der Waals surface area contributed by atoms with E-state index < -0.39 is 17.8 Å². The number of benzene rings is 3. The number of nitrogens with one attached hydrogen (secondary N) is 1. The molecule has 1 aliphatic rings. The zero-order valence-corrected chi connectivity index (χ0v) is 21.0. The Kier molecular flexibility index (Phi) is 7.28. The van der Waals surface area contributed by atoms with Gasteiger partial charge in [0.05, 0.1) is 5.69 Å². The molecule has 1 N–H and O–H groups in total. The number of barbiturate groups is 1. The van der Waals surface area contributed by atoms with Gasteiger partial charge in [-0.1, -0.05) is 56.8 Å². The molecule has 4 amide bonds. The number of rotatable bonds is 5. The molecule has 4 rings (SSSR count). The van der Waals surface area contributed by atoms with E-state index in [1.54, 1.807) is 60.7 Å². The Labute approximate surface area is 218 Å². The molecular weight excluding hydrogens is 567 g/mol. The predicted octanol–water partition coefficient (Wildman–Crippen LogP) is 6.65. The smallest absolute Gasteiger partial charge is 0.335 e. The van der Waals surface area contributed by atoms with Gasteiger partial charge >= 0.3 is 6.03 Å². The van der Waals surface area contributed by atoms with Gasteiger partial charge in [-0.3, -0.25) is 14.9 Å². The molecule has 0 unspecified atom stereocenters. The third-order valence-electron chi connectivity index (χ3n) is 4.86. The molecule has 6 nitrogen and oxygen atoms in total. The minimum atomic E-state index is -0.838. The molecule has 172 valence electrons. The van der Waals surface area contributed by atoms with Crippen molar-refractivity contribution in [2.75, 3.05) is 4.90 Å². The van der Waals surface area contributed by atoms with Crippen LogP contribution >= 0.6 is 50.7 Å². The first kappa shape index (κ1) is 24.3. The summed E-state index contributed by atoms with van der Waals surface area (Å²) >= 11 is 21.6. The first-order chi connectivity index (χ1) is 16.2. The highest BCUT2D eigenvalue weighted by molar-refractivity contribution is 9.10. The highest BCUT2D eigenvalue weighted by Gasteiger charge is 2.37. The fourth-order valence-corrected chi connectivity index (χ4v) is 4.10. The van der Waals surface area contributed by atoms with Crippen molar-refractivity contribution in [3.8, 4) is 5.75 Å². The van der Waals surface area contributed by atoms with Crippen LogP contribution in [0.1, 0.15) is 11.1 Å². The second-order valence-electron chi connectivity index (χ2n) is 7.14. The lowest BCUT2D eigenvalue weighted by Gasteiger charge is -2.26. The number of hydrogen-bond donors (Lipinski definition) is 1. The maximum atomic E-state index is 13.1. The van der Waals surface area contributed by atoms with Crippen LogP contribution in [0.5, 0.6) is 5.75 Å². The Morgan fingerprint density at radius 3 is 2.29 bits per heavy atom. The van der Waals surface area contributed by atoms with Crippen molar-refractivity contribution in [2.45, 2.75) is 6.61 Å². The Balaban J connectivity index is 1.67. The van der Waals surface area contributed by atoms with Crippen molar-refractivity contribution in [1.29, 1.82) is 0 Å². The van der Waals surface area contributed by atoms with Crippen LogP contribution < -0.4 is 15.0 Å². The normalized spacial score (nSPS) is 15.0. The van der Waals surface area contributed by atoms with E-state index >= 15 is 0 Å². The van der Waals surface area contributed by atoms with Crippen molar-refractivity contribution in [3.05, 3.63) is 96.9 Å². The lowest BCUT2D eigenvalue weighted by Crippen LogP contribution is -2.54. The average molecular weight is 581 g/mol. The summed E-state index contributed by atoms with van der Waals surface area (Å²) in [6.45, 7) is 0.109. The van der Waals surface area contributed by atoms with E-state index in [1.807, 2.05) is 0 Å². The van der Waals surface area contributed by atoms with Crippen LogP contribution in [-0.2, 0) is 16.2 Å². The summed E-state index contributed by atoms with van der Waals surface area (Å²) in [6.07, 6.45) is 1.33. The Bertz CT molecular complexity index is 1340. The van der Waals surface area contributed by atoms with E-state index in [1.165, 1.54) is 6.08 Å². The van der Waals surface area contributed by atoms with E-state index in [-0.39, 0.29) is 12.2 Å². The maximum Gasteiger partial charge on any atom is 0.335 e. The summed E-state index contributed by atoms with van der Waals surface area (Å²) < 4.78 is 6.67.